The average molecular weight is 265 g/mol. The van der Waals surface area contributed by atoms with Crippen molar-refractivity contribution in [3.05, 3.63) is 29.4 Å². The summed E-state index contributed by atoms with van der Waals surface area (Å²) < 4.78 is 1.35. The van der Waals surface area contributed by atoms with Crippen LogP contribution in [0.25, 0.3) is 0 Å². The summed E-state index contributed by atoms with van der Waals surface area (Å²) in [5.74, 6) is 0. The number of hydrogen-bond acceptors (Lipinski definition) is 3. The number of aromatic nitrogens is 1. The summed E-state index contributed by atoms with van der Waals surface area (Å²) in [5.41, 5.74) is 0.890. The van der Waals surface area contributed by atoms with Crippen molar-refractivity contribution in [3.63, 3.8) is 0 Å². The van der Waals surface area contributed by atoms with Crippen LogP contribution in [-0.2, 0) is 0 Å². The molecule has 0 saturated heterocycles. The van der Waals surface area contributed by atoms with Gasteiger partial charge in [-0.1, -0.05) is 46.0 Å². The van der Waals surface area contributed by atoms with Gasteiger partial charge in [-0.05, 0) is 24.6 Å². The first-order valence-corrected chi connectivity index (χ1v) is 7.02. The molecule has 0 aliphatic rings. The van der Waals surface area contributed by atoms with E-state index in [-0.39, 0.29) is 5.49 Å². The van der Waals surface area contributed by atoms with Crippen LogP contribution in [0.3, 0.4) is 0 Å². The zero-order valence-electron chi connectivity index (χ0n) is 12.3. The number of hydrogen-bond donors (Lipinski definition) is 3. The van der Waals surface area contributed by atoms with E-state index in [2.05, 4.69) is 13.8 Å². The summed E-state index contributed by atoms with van der Waals surface area (Å²) in [6, 6.07) is 3.23. The molecule has 0 aliphatic carbocycles. The number of nitrogens with one attached hydrogen (secondary N) is 2. The number of rotatable bonds is 6. The van der Waals surface area contributed by atoms with E-state index in [1.807, 2.05) is 0 Å². The third kappa shape index (κ3) is 7.57. The monoisotopic (exact) mass is 265 g/mol. The molecule has 0 bridgehead atoms. The van der Waals surface area contributed by atoms with Crippen LogP contribution in [-0.4, -0.2) is 16.0 Å². The molecule has 0 radical (unpaired) electrons. The highest BCUT2D eigenvalue weighted by atomic mass is 16.3. The highest BCUT2D eigenvalue weighted by Gasteiger charge is 1.99. The first-order chi connectivity index (χ1) is 9.06. The van der Waals surface area contributed by atoms with Crippen LogP contribution in [0.4, 0.5) is 0 Å². The molecule has 19 heavy (non-hydrogen) atoms. The minimum Gasteiger partial charge on any atom is -0.389 e. The highest BCUT2D eigenvalue weighted by Crippen LogP contribution is 2.07. The van der Waals surface area contributed by atoms with Crippen LogP contribution >= 0.6 is 0 Å². The number of nitrogens with zero attached hydrogens (tertiary/aromatic N) is 1. The van der Waals surface area contributed by atoms with Gasteiger partial charge in [0.2, 0.25) is 0 Å². The molecule has 108 valence electrons. The Morgan fingerprint density at radius 2 is 1.84 bits per heavy atom. The van der Waals surface area contributed by atoms with E-state index in [0.29, 0.717) is 5.56 Å². The smallest absolute Gasteiger partial charge is 0.130 e. The first-order valence-electron chi connectivity index (χ1n) is 7.02. The molecule has 1 rings (SSSR count). The molecule has 4 heteroatoms. The van der Waals surface area contributed by atoms with Gasteiger partial charge in [-0.15, -0.1) is 0 Å². The van der Waals surface area contributed by atoms with E-state index >= 15 is 0 Å². The van der Waals surface area contributed by atoms with Gasteiger partial charge in [-0.3, -0.25) is 15.4 Å². The summed E-state index contributed by atoms with van der Waals surface area (Å²) in [6.45, 7) is 6.13. The number of pyridine rings is 1. The zero-order valence-corrected chi connectivity index (χ0v) is 12.3. The van der Waals surface area contributed by atoms with Crippen molar-refractivity contribution >= 4 is 6.34 Å². The lowest BCUT2D eigenvalue weighted by Gasteiger charge is -2.05. The molecule has 1 unspecified atom stereocenters. The van der Waals surface area contributed by atoms with Gasteiger partial charge in [0.15, 0.2) is 0 Å². The van der Waals surface area contributed by atoms with Gasteiger partial charge >= 0.3 is 0 Å². The molecule has 0 aromatic carbocycles. The average Bonchev–Trinajstić information content (AvgIpc) is 2.40. The molecule has 1 aromatic rings. The Morgan fingerprint density at radius 1 is 1.26 bits per heavy atom. The summed E-state index contributed by atoms with van der Waals surface area (Å²) in [4.78, 5) is 0. The van der Waals surface area contributed by atoms with Gasteiger partial charge in [0.25, 0.3) is 0 Å². The molecule has 1 heterocycles. The fraction of sp³-hybridized carbons (Fsp3) is 0.600. The minimum absolute atomic E-state index is 0.198. The SMILES string of the molecule is CC(O)c1ccn(C=N)c(=N)c1.CCCCCCC. The third-order valence-corrected chi connectivity index (χ3v) is 2.84. The maximum atomic E-state index is 9.16. The summed E-state index contributed by atoms with van der Waals surface area (Å²) >= 11 is 0. The van der Waals surface area contributed by atoms with Crippen molar-refractivity contribution in [2.75, 3.05) is 0 Å². The van der Waals surface area contributed by atoms with E-state index in [1.54, 1.807) is 19.2 Å². The maximum Gasteiger partial charge on any atom is 0.130 e. The lowest BCUT2D eigenvalue weighted by atomic mass is 10.2. The van der Waals surface area contributed by atoms with Crippen molar-refractivity contribution in [2.24, 2.45) is 0 Å². The molecule has 0 amide bonds. The van der Waals surface area contributed by atoms with Crippen LogP contribution in [0.15, 0.2) is 18.3 Å². The fourth-order valence-corrected chi connectivity index (χ4v) is 1.58. The highest BCUT2D eigenvalue weighted by molar-refractivity contribution is 5.53. The number of aliphatic hydroxyl groups is 1. The molecule has 0 saturated carbocycles. The Bertz CT molecular complexity index is 406. The second kappa shape index (κ2) is 10.5. The van der Waals surface area contributed by atoms with E-state index in [0.717, 1.165) is 6.34 Å². The van der Waals surface area contributed by atoms with Crippen LogP contribution in [0.2, 0.25) is 0 Å². The predicted octanol–water partition coefficient (Wildman–Crippen LogP) is 3.45. The van der Waals surface area contributed by atoms with E-state index in [1.165, 1.54) is 42.7 Å². The van der Waals surface area contributed by atoms with E-state index < -0.39 is 6.10 Å². The molecule has 4 nitrogen and oxygen atoms in total. The van der Waals surface area contributed by atoms with Crippen molar-refractivity contribution in [2.45, 2.75) is 59.0 Å². The predicted molar refractivity (Wildman–Crippen MR) is 79.5 cm³/mol. The molecular formula is C15H27N3O. The first kappa shape index (κ1) is 17.6. The van der Waals surface area contributed by atoms with Crippen molar-refractivity contribution in [1.82, 2.24) is 4.57 Å². The molecule has 1 aromatic heterocycles. The second-order valence-electron chi connectivity index (χ2n) is 4.62. The standard InChI is InChI=1S/C8H11N3O.C7H16/c1-6(12)7-2-3-11(5-9)8(10)4-7;1-3-5-7-6-4-2/h2-6,9-10,12H,1H3;3-7H2,1-2H3. The Kier molecular flexibility index (Phi) is 9.71. The molecular weight excluding hydrogens is 238 g/mol. The van der Waals surface area contributed by atoms with Crippen LogP contribution in [0.5, 0.6) is 0 Å². The largest absolute Gasteiger partial charge is 0.389 e. The normalized spacial score (nSPS) is 11.4. The molecule has 0 fully saturated rings. The lowest BCUT2D eigenvalue weighted by molar-refractivity contribution is 0.199. The van der Waals surface area contributed by atoms with Crippen molar-refractivity contribution in [1.29, 1.82) is 10.8 Å². The van der Waals surface area contributed by atoms with E-state index in [9.17, 15) is 0 Å². The maximum absolute atomic E-state index is 9.16. The van der Waals surface area contributed by atoms with Crippen molar-refractivity contribution < 1.29 is 5.11 Å². The lowest BCUT2D eigenvalue weighted by Crippen LogP contribution is -2.18. The molecule has 0 spiro atoms. The Labute approximate surface area is 116 Å². The van der Waals surface area contributed by atoms with Crippen LogP contribution in [0, 0.1) is 10.8 Å². The summed E-state index contributed by atoms with van der Waals surface area (Å²) in [6.07, 6.45) is 9.08. The van der Waals surface area contributed by atoms with Gasteiger partial charge in [-0.25, -0.2) is 0 Å². The van der Waals surface area contributed by atoms with Crippen LogP contribution in [0.1, 0.15) is 64.5 Å². The van der Waals surface area contributed by atoms with Crippen molar-refractivity contribution in [3.8, 4) is 0 Å². The number of aliphatic hydroxyl groups excluding tert-OH is 1. The van der Waals surface area contributed by atoms with Gasteiger partial charge in [0, 0.05) is 6.20 Å². The van der Waals surface area contributed by atoms with Crippen LogP contribution < -0.4 is 5.49 Å². The topological polar surface area (TPSA) is 72.9 Å². The fourth-order valence-electron chi connectivity index (χ4n) is 1.58. The Hall–Kier alpha value is -1.42. The third-order valence-electron chi connectivity index (χ3n) is 2.84. The van der Waals surface area contributed by atoms with Gasteiger partial charge in [0.1, 0.15) is 5.49 Å². The quantitative estimate of drug-likeness (QED) is 0.411. The summed E-state index contributed by atoms with van der Waals surface area (Å²) in [7, 11) is 0. The minimum atomic E-state index is -0.561. The Morgan fingerprint density at radius 3 is 2.21 bits per heavy atom. The zero-order chi connectivity index (χ0) is 14.7. The van der Waals surface area contributed by atoms with E-state index in [4.69, 9.17) is 15.9 Å². The molecule has 3 N–H and O–H groups in total. The molecule has 1 atom stereocenters. The van der Waals surface area contributed by atoms with Gasteiger partial charge in [-0.2, -0.15) is 0 Å². The number of unbranched alkanes of at least 4 members (excludes halogenated alkanes) is 4. The molecule has 0 aliphatic heterocycles. The second-order valence-corrected chi connectivity index (χ2v) is 4.62. The van der Waals surface area contributed by atoms with Gasteiger partial charge < -0.3 is 5.11 Å². The van der Waals surface area contributed by atoms with Gasteiger partial charge in [0.05, 0.1) is 12.4 Å². The summed E-state index contributed by atoms with van der Waals surface area (Å²) in [5, 5.41) is 23.5. The Balaban J connectivity index is 0.000000399.